The first-order valence-corrected chi connectivity index (χ1v) is 10.3. The second-order valence-electron chi connectivity index (χ2n) is 7.14. The molecule has 2 aromatic heterocycles. The molecule has 28 heavy (non-hydrogen) atoms. The molecule has 1 N–H and O–H groups in total. The molecule has 0 unspecified atom stereocenters. The molecule has 2 heterocycles. The second kappa shape index (κ2) is 7.80. The molecule has 10 heteroatoms. The van der Waals surface area contributed by atoms with Crippen LogP contribution in [0.5, 0.6) is 0 Å². The molecule has 3 aromatic rings. The third-order valence-electron chi connectivity index (χ3n) is 3.78. The number of fused-ring (bicyclic) bond motifs is 1. The number of carbonyl (C=O) groups is 2. The van der Waals surface area contributed by atoms with Gasteiger partial charge < -0.3 is 5.32 Å². The van der Waals surface area contributed by atoms with Gasteiger partial charge in [-0.2, -0.15) is 4.52 Å². The standard InChI is InChI=1S/C18H19N5O3S2/c1-10(24)11-5-7-12(8-6-11)19-13(25)9-27-17-22-23-15(26)14(18(2,3)4)20-21-16(23)28-17/h5-8H,9H2,1-4H3,(H,19,25). The summed E-state index contributed by atoms with van der Waals surface area (Å²) in [5.41, 5.74) is 0.814. The Balaban J connectivity index is 1.68. The Morgan fingerprint density at radius 3 is 2.46 bits per heavy atom. The van der Waals surface area contributed by atoms with E-state index in [4.69, 9.17) is 0 Å². The highest BCUT2D eigenvalue weighted by Gasteiger charge is 2.23. The van der Waals surface area contributed by atoms with E-state index in [1.807, 2.05) is 20.8 Å². The van der Waals surface area contributed by atoms with Crippen LogP contribution in [-0.2, 0) is 10.2 Å². The number of hydrogen-bond donors (Lipinski definition) is 1. The van der Waals surface area contributed by atoms with Crippen LogP contribution in [0.3, 0.4) is 0 Å². The van der Waals surface area contributed by atoms with Gasteiger partial charge in [-0.15, -0.1) is 15.3 Å². The summed E-state index contributed by atoms with van der Waals surface area (Å²) >= 11 is 2.43. The molecule has 0 aliphatic carbocycles. The van der Waals surface area contributed by atoms with Crippen LogP contribution in [0.4, 0.5) is 5.69 Å². The highest BCUT2D eigenvalue weighted by atomic mass is 32.2. The van der Waals surface area contributed by atoms with Gasteiger partial charge in [0, 0.05) is 16.7 Å². The van der Waals surface area contributed by atoms with Crippen molar-refractivity contribution in [1.29, 1.82) is 0 Å². The molecule has 8 nitrogen and oxygen atoms in total. The summed E-state index contributed by atoms with van der Waals surface area (Å²) in [6.45, 7) is 7.16. The minimum atomic E-state index is -0.431. The summed E-state index contributed by atoms with van der Waals surface area (Å²) in [4.78, 5) is 36.4. The van der Waals surface area contributed by atoms with Gasteiger partial charge in [-0.25, -0.2) is 0 Å². The predicted molar refractivity (Wildman–Crippen MR) is 109 cm³/mol. The monoisotopic (exact) mass is 417 g/mol. The molecule has 1 aromatic carbocycles. The number of rotatable bonds is 5. The van der Waals surface area contributed by atoms with Gasteiger partial charge in [-0.3, -0.25) is 14.4 Å². The average Bonchev–Trinajstić information content (AvgIpc) is 3.04. The Bertz CT molecular complexity index is 1100. The first-order valence-electron chi connectivity index (χ1n) is 8.46. The normalized spacial score (nSPS) is 11.6. The van der Waals surface area contributed by atoms with Crippen LogP contribution in [0.15, 0.2) is 33.4 Å². The Hall–Kier alpha value is -2.59. The van der Waals surface area contributed by atoms with E-state index >= 15 is 0 Å². The first-order chi connectivity index (χ1) is 13.1. The molecule has 1 amide bonds. The highest BCUT2D eigenvalue weighted by Crippen LogP contribution is 2.24. The lowest BCUT2D eigenvalue weighted by Gasteiger charge is -2.14. The van der Waals surface area contributed by atoms with Crippen molar-refractivity contribution in [1.82, 2.24) is 19.8 Å². The summed E-state index contributed by atoms with van der Waals surface area (Å²) < 4.78 is 1.79. The molecule has 3 rings (SSSR count). The van der Waals surface area contributed by atoms with Crippen LogP contribution in [-0.4, -0.2) is 37.3 Å². The number of ketones is 1. The maximum Gasteiger partial charge on any atom is 0.297 e. The molecule has 0 atom stereocenters. The number of carbonyl (C=O) groups excluding carboxylic acids is 2. The van der Waals surface area contributed by atoms with E-state index in [9.17, 15) is 14.4 Å². The molecule has 0 radical (unpaired) electrons. The first kappa shape index (κ1) is 20.2. The number of benzene rings is 1. The zero-order valence-corrected chi connectivity index (χ0v) is 17.5. The number of nitrogens with one attached hydrogen (secondary N) is 1. The molecular weight excluding hydrogens is 398 g/mol. The maximum atomic E-state index is 12.5. The van der Waals surface area contributed by atoms with Crippen molar-refractivity contribution >= 4 is 45.4 Å². The van der Waals surface area contributed by atoms with Gasteiger partial charge in [0.15, 0.2) is 10.1 Å². The van der Waals surface area contributed by atoms with E-state index in [1.54, 1.807) is 24.3 Å². The van der Waals surface area contributed by atoms with Gasteiger partial charge >= 0.3 is 0 Å². The largest absolute Gasteiger partial charge is 0.325 e. The number of amides is 1. The summed E-state index contributed by atoms with van der Waals surface area (Å²) in [7, 11) is 0. The fraction of sp³-hybridized carbons (Fsp3) is 0.333. The topological polar surface area (TPSA) is 106 Å². The lowest BCUT2D eigenvalue weighted by atomic mass is 9.93. The van der Waals surface area contributed by atoms with Crippen molar-refractivity contribution < 1.29 is 9.59 Å². The van der Waals surface area contributed by atoms with Gasteiger partial charge in [-0.05, 0) is 31.2 Å². The third kappa shape index (κ3) is 4.45. The molecule has 0 saturated carbocycles. The lowest BCUT2D eigenvalue weighted by Crippen LogP contribution is -2.30. The van der Waals surface area contributed by atoms with Crippen molar-refractivity contribution in [2.45, 2.75) is 37.4 Å². The number of aromatic nitrogens is 4. The van der Waals surface area contributed by atoms with Gasteiger partial charge in [0.2, 0.25) is 10.9 Å². The van der Waals surface area contributed by atoms with Gasteiger partial charge in [0.25, 0.3) is 5.56 Å². The van der Waals surface area contributed by atoms with Crippen LogP contribution in [0, 0.1) is 0 Å². The Morgan fingerprint density at radius 2 is 1.86 bits per heavy atom. The number of hydrogen-bond acceptors (Lipinski definition) is 8. The Kier molecular flexibility index (Phi) is 5.61. The van der Waals surface area contributed by atoms with Crippen LogP contribution in [0.2, 0.25) is 0 Å². The molecule has 0 bridgehead atoms. The van der Waals surface area contributed by atoms with Crippen molar-refractivity contribution in [3.63, 3.8) is 0 Å². The third-order valence-corrected chi connectivity index (χ3v) is 5.82. The van der Waals surface area contributed by atoms with Crippen LogP contribution < -0.4 is 10.9 Å². The smallest absolute Gasteiger partial charge is 0.297 e. The SMILES string of the molecule is CC(=O)c1ccc(NC(=O)CSc2nn3c(=O)c(C(C)(C)C)nnc3s2)cc1. The van der Waals surface area contributed by atoms with E-state index in [2.05, 4.69) is 20.6 Å². The minimum absolute atomic E-state index is 0.0303. The summed E-state index contributed by atoms with van der Waals surface area (Å²) in [6, 6.07) is 6.69. The zero-order valence-electron chi connectivity index (χ0n) is 15.8. The quantitative estimate of drug-likeness (QED) is 0.502. The Morgan fingerprint density at radius 1 is 1.18 bits per heavy atom. The molecule has 0 spiro atoms. The number of nitrogens with zero attached hydrogens (tertiary/aromatic N) is 4. The molecular formula is C18H19N5O3S2. The number of thioether (sulfide) groups is 1. The highest BCUT2D eigenvalue weighted by molar-refractivity contribution is 8.01. The zero-order chi connectivity index (χ0) is 20.5. The summed E-state index contributed by atoms with van der Waals surface area (Å²) in [6.07, 6.45) is 0. The molecule has 146 valence electrons. The predicted octanol–water partition coefficient (Wildman–Crippen LogP) is 2.78. The number of Topliss-reactive ketones (excluding diaryl/α,β-unsaturated/α-hetero) is 1. The fourth-order valence-corrected chi connectivity index (χ4v) is 4.01. The van der Waals surface area contributed by atoms with Crippen molar-refractivity contribution in [3.05, 3.63) is 45.9 Å². The van der Waals surface area contributed by atoms with Crippen molar-refractivity contribution in [2.75, 3.05) is 11.1 Å². The second-order valence-corrected chi connectivity index (χ2v) is 9.31. The van der Waals surface area contributed by atoms with Gasteiger partial charge in [0.05, 0.1) is 5.75 Å². The molecule has 0 fully saturated rings. The maximum absolute atomic E-state index is 12.5. The molecule has 0 saturated heterocycles. The van der Waals surface area contributed by atoms with E-state index in [0.29, 0.717) is 26.2 Å². The van der Waals surface area contributed by atoms with E-state index in [1.165, 1.54) is 34.5 Å². The van der Waals surface area contributed by atoms with E-state index in [-0.39, 0.29) is 23.0 Å². The van der Waals surface area contributed by atoms with E-state index in [0.717, 1.165) is 0 Å². The fourth-order valence-electron chi connectivity index (χ4n) is 2.34. The van der Waals surface area contributed by atoms with E-state index < -0.39 is 5.41 Å². The average molecular weight is 418 g/mol. The van der Waals surface area contributed by atoms with Gasteiger partial charge in [-0.1, -0.05) is 43.9 Å². The lowest BCUT2D eigenvalue weighted by molar-refractivity contribution is -0.113. The minimum Gasteiger partial charge on any atom is -0.325 e. The summed E-state index contributed by atoms with van der Waals surface area (Å²) in [5.74, 6) is -0.117. The molecule has 0 aliphatic heterocycles. The van der Waals surface area contributed by atoms with Crippen molar-refractivity contribution in [2.24, 2.45) is 0 Å². The number of anilines is 1. The molecule has 0 aliphatic rings. The summed E-state index contributed by atoms with van der Waals surface area (Å²) in [5, 5.41) is 15.1. The van der Waals surface area contributed by atoms with Gasteiger partial charge in [0.1, 0.15) is 5.69 Å². The van der Waals surface area contributed by atoms with Crippen molar-refractivity contribution in [3.8, 4) is 0 Å². The van der Waals surface area contributed by atoms with Crippen LogP contribution in [0.25, 0.3) is 4.96 Å². The van der Waals surface area contributed by atoms with Crippen LogP contribution in [0.1, 0.15) is 43.7 Å². The van der Waals surface area contributed by atoms with Crippen LogP contribution >= 0.6 is 23.1 Å². The Labute approximate surface area is 169 Å².